The molecular weight excluding hydrogens is 218 g/mol. The Morgan fingerprint density at radius 2 is 2.06 bits per heavy atom. The Hall–Kier alpha value is -1.09. The monoisotopic (exact) mass is 235 g/mol. The van der Waals surface area contributed by atoms with Crippen LogP contribution in [0.25, 0.3) is 0 Å². The van der Waals surface area contributed by atoms with Gasteiger partial charge in [0.25, 0.3) is 5.17 Å². The van der Waals surface area contributed by atoms with Crippen LogP contribution in [0.1, 0.15) is 19.4 Å². The van der Waals surface area contributed by atoms with Gasteiger partial charge in [0.1, 0.15) is 6.61 Å². The molecule has 1 aliphatic heterocycles. The highest BCUT2D eigenvalue weighted by molar-refractivity contribution is 7.80. The maximum Gasteiger partial charge on any atom is 0.259 e. The van der Waals surface area contributed by atoms with Crippen molar-refractivity contribution in [2.24, 2.45) is 0 Å². The van der Waals surface area contributed by atoms with E-state index in [0.29, 0.717) is 23.9 Å². The van der Waals surface area contributed by atoms with Crippen molar-refractivity contribution in [1.82, 2.24) is 4.90 Å². The Kier molecular flexibility index (Phi) is 3.44. The second-order valence-corrected chi connectivity index (χ2v) is 4.77. The van der Waals surface area contributed by atoms with Crippen molar-refractivity contribution in [2.75, 3.05) is 6.61 Å². The third kappa shape index (κ3) is 2.35. The summed E-state index contributed by atoms with van der Waals surface area (Å²) >= 11 is 5.21. The van der Waals surface area contributed by atoms with Crippen molar-refractivity contribution >= 4 is 17.4 Å². The molecule has 0 unspecified atom stereocenters. The lowest BCUT2D eigenvalue weighted by Crippen LogP contribution is -2.40. The number of benzene rings is 1. The van der Waals surface area contributed by atoms with Crippen LogP contribution in [0.4, 0.5) is 0 Å². The van der Waals surface area contributed by atoms with Gasteiger partial charge in [0.05, 0.1) is 6.04 Å². The van der Waals surface area contributed by atoms with Gasteiger partial charge in [-0.25, -0.2) is 0 Å². The Morgan fingerprint density at radius 1 is 1.38 bits per heavy atom. The maximum atomic E-state index is 5.47. The number of rotatable bonds is 3. The summed E-state index contributed by atoms with van der Waals surface area (Å²) in [6, 6.07) is 11.3. The van der Waals surface area contributed by atoms with Gasteiger partial charge in [-0.2, -0.15) is 0 Å². The number of hydrogen-bond donors (Lipinski definition) is 0. The molecule has 1 saturated heterocycles. The van der Waals surface area contributed by atoms with Gasteiger partial charge in [0.2, 0.25) is 0 Å². The van der Waals surface area contributed by atoms with Gasteiger partial charge >= 0.3 is 0 Å². The lowest BCUT2D eigenvalue weighted by Gasteiger charge is -2.27. The fourth-order valence-electron chi connectivity index (χ4n) is 2.15. The van der Waals surface area contributed by atoms with Crippen LogP contribution in [0.3, 0.4) is 0 Å². The number of hydrogen-bond acceptors (Lipinski definition) is 2. The van der Waals surface area contributed by atoms with Gasteiger partial charge in [-0.05, 0) is 38.0 Å². The van der Waals surface area contributed by atoms with Crippen molar-refractivity contribution in [1.29, 1.82) is 0 Å². The first kappa shape index (κ1) is 11.4. The quantitative estimate of drug-likeness (QED) is 0.747. The summed E-state index contributed by atoms with van der Waals surface area (Å²) in [4.78, 5) is 2.20. The van der Waals surface area contributed by atoms with E-state index in [9.17, 15) is 0 Å². The second-order valence-electron chi connectivity index (χ2n) is 4.42. The Morgan fingerprint density at radius 3 is 2.69 bits per heavy atom. The Bertz CT molecular complexity index is 363. The molecule has 2 nitrogen and oxygen atoms in total. The predicted molar refractivity (Wildman–Crippen MR) is 69.5 cm³/mol. The summed E-state index contributed by atoms with van der Waals surface area (Å²) in [6.07, 6.45) is 0.999. The Labute approximate surface area is 102 Å². The second kappa shape index (κ2) is 4.83. The molecule has 16 heavy (non-hydrogen) atoms. The van der Waals surface area contributed by atoms with Crippen LogP contribution < -0.4 is 0 Å². The molecule has 0 radical (unpaired) electrons. The zero-order valence-corrected chi connectivity index (χ0v) is 10.5. The zero-order valence-electron chi connectivity index (χ0n) is 9.72. The van der Waals surface area contributed by atoms with E-state index in [1.54, 1.807) is 0 Å². The van der Waals surface area contributed by atoms with Gasteiger partial charge in [-0.3, -0.25) is 0 Å². The van der Waals surface area contributed by atoms with E-state index in [2.05, 4.69) is 43.0 Å². The van der Waals surface area contributed by atoms with Crippen LogP contribution in [-0.2, 0) is 11.2 Å². The molecule has 1 heterocycles. The summed E-state index contributed by atoms with van der Waals surface area (Å²) in [5.74, 6) is 0. The molecule has 1 aromatic carbocycles. The molecule has 86 valence electrons. The SMILES string of the molecule is CC(C)N1C(=S)OC[C@@H]1Cc1ccccc1. The van der Waals surface area contributed by atoms with Crippen molar-refractivity contribution < 1.29 is 4.74 Å². The smallest absolute Gasteiger partial charge is 0.259 e. The molecule has 3 heteroatoms. The minimum Gasteiger partial charge on any atom is -0.469 e. The largest absolute Gasteiger partial charge is 0.469 e. The van der Waals surface area contributed by atoms with E-state index in [0.717, 1.165) is 6.42 Å². The number of nitrogens with zero attached hydrogens (tertiary/aromatic N) is 1. The standard InChI is InChI=1S/C13H17NOS/c1-10(2)14-12(9-15-13(14)16)8-11-6-4-3-5-7-11/h3-7,10,12H,8-9H2,1-2H3/t12-/m0/s1. The molecule has 0 spiro atoms. The van der Waals surface area contributed by atoms with Crippen LogP contribution in [0.15, 0.2) is 30.3 Å². The van der Waals surface area contributed by atoms with E-state index in [4.69, 9.17) is 17.0 Å². The molecule has 1 aromatic rings. The minimum atomic E-state index is 0.384. The van der Waals surface area contributed by atoms with Gasteiger partial charge in [-0.15, -0.1) is 0 Å². The van der Waals surface area contributed by atoms with E-state index in [1.807, 2.05) is 6.07 Å². The Balaban J connectivity index is 2.07. The summed E-state index contributed by atoms with van der Waals surface area (Å²) < 4.78 is 5.47. The van der Waals surface area contributed by atoms with Crippen molar-refractivity contribution in [3.05, 3.63) is 35.9 Å². The predicted octanol–water partition coefficient (Wildman–Crippen LogP) is 2.62. The van der Waals surface area contributed by atoms with E-state index in [1.165, 1.54) is 5.56 Å². The van der Waals surface area contributed by atoms with Crippen LogP contribution in [0, 0.1) is 0 Å². The summed E-state index contributed by atoms with van der Waals surface area (Å²) in [5, 5.41) is 0.649. The van der Waals surface area contributed by atoms with Crippen LogP contribution in [0.5, 0.6) is 0 Å². The minimum absolute atomic E-state index is 0.384. The topological polar surface area (TPSA) is 12.5 Å². The maximum absolute atomic E-state index is 5.47. The molecule has 1 aliphatic rings. The summed E-state index contributed by atoms with van der Waals surface area (Å²) in [6.45, 7) is 5.02. The fraction of sp³-hybridized carbons (Fsp3) is 0.462. The molecule has 0 aromatic heterocycles. The lowest BCUT2D eigenvalue weighted by molar-refractivity contribution is 0.280. The highest BCUT2D eigenvalue weighted by Gasteiger charge is 2.31. The molecule has 1 fully saturated rings. The van der Waals surface area contributed by atoms with Crippen molar-refractivity contribution in [3.63, 3.8) is 0 Å². The van der Waals surface area contributed by atoms with Gasteiger partial charge in [0.15, 0.2) is 0 Å². The van der Waals surface area contributed by atoms with Gasteiger partial charge in [0, 0.05) is 6.04 Å². The molecule has 0 N–H and O–H groups in total. The van der Waals surface area contributed by atoms with E-state index >= 15 is 0 Å². The van der Waals surface area contributed by atoms with Crippen LogP contribution in [0.2, 0.25) is 0 Å². The first-order valence-electron chi connectivity index (χ1n) is 5.67. The molecule has 0 bridgehead atoms. The molecule has 2 rings (SSSR count). The van der Waals surface area contributed by atoms with Crippen molar-refractivity contribution in [3.8, 4) is 0 Å². The number of thiocarbonyl (C=S) groups is 1. The molecule has 1 atom stereocenters. The first-order valence-corrected chi connectivity index (χ1v) is 6.08. The highest BCUT2D eigenvalue weighted by Crippen LogP contribution is 2.19. The van der Waals surface area contributed by atoms with Crippen LogP contribution >= 0.6 is 12.2 Å². The molecule has 0 amide bonds. The van der Waals surface area contributed by atoms with Crippen molar-refractivity contribution in [2.45, 2.75) is 32.4 Å². The van der Waals surface area contributed by atoms with Gasteiger partial charge in [-0.1, -0.05) is 30.3 Å². The summed E-state index contributed by atoms with van der Waals surface area (Å²) in [5.41, 5.74) is 1.34. The normalized spacial score (nSPS) is 20.3. The third-order valence-electron chi connectivity index (χ3n) is 2.87. The van der Waals surface area contributed by atoms with Crippen LogP contribution in [-0.4, -0.2) is 28.8 Å². The lowest BCUT2D eigenvalue weighted by atomic mass is 10.1. The molecule has 0 aliphatic carbocycles. The van der Waals surface area contributed by atoms with E-state index in [-0.39, 0.29) is 0 Å². The van der Waals surface area contributed by atoms with E-state index < -0.39 is 0 Å². The average molecular weight is 235 g/mol. The zero-order chi connectivity index (χ0) is 11.5. The molecule has 0 saturated carbocycles. The average Bonchev–Trinajstić information content (AvgIpc) is 2.61. The highest BCUT2D eigenvalue weighted by atomic mass is 32.1. The molecular formula is C13H17NOS. The fourth-order valence-corrected chi connectivity index (χ4v) is 2.58. The number of ether oxygens (including phenoxy) is 1. The van der Waals surface area contributed by atoms with Gasteiger partial charge < -0.3 is 9.64 Å². The third-order valence-corrected chi connectivity index (χ3v) is 3.20. The first-order chi connectivity index (χ1) is 7.68. The summed E-state index contributed by atoms with van der Waals surface area (Å²) in [7, 11) is 0.